The number of aromatic nitrogens is 2. The number of rotatable bonds is 2. The van der Waals surface area contributed by atoms with Crippen LogP contribution in [0.3, 0.4) is 0 Å². The number of hydrogen-bond donors (Lipinski definition) is 0. The van der Waals surface area contributed by atoms with Crippen molar-refractivity contribution in [3.8, 4) is 0 Å². The van der Waals surface area contributed by atoms with Gasteiger partial charge in [0.05, 0.1) is 23.5 Å². The number of likely N-dealkylation sites (tertiary alicyclic amines) is 1. The van der Waals surface area contributed by atoms with E-state index >= 15 is 0 Å². The average Bonchev–Trinajstić information content (AvgIpc) is 3.07. The van der Waals surface area contributed by atoms with E-state index in [1.165, 1.54) is 0 Å². The summed E-state index contributed by atoms with van der Waals surface area (Å²) in [7, 11) is -3.05. The second-order valence-corrected chi connectivity index (χ2v) is 7.69. The Morgan fingerprint density at radius 2 is 2.20 bits per heavy atom. The van der Waals surface area contributed by atoms with Crippen molar-refractivity contribution in [3.05, 3.63) is 11.7 Å². The second kappa shape index (κ2) is 4.83. The highest BCUT2D eigenvalue weighted by Gasteiger charge is 2.40. The molecule has 2 fully saturated rings. The number of hydrogen-bond acceptors (Lipinski definition) is 6. The van der Waals surface area contributed by atoms with Crippen molar-refractivity contribution in [3.63, 3.8) is 0 Å². The van der Waals surface area contributed by atoms with Crippen molar-refractivity contribution >= 4 is 15.7 Å². The quantitative estimate of drug-likeness (QED) is 0.788. The van der Waals surface area contributed by atoms with Crippen LogP contribution in [-0.2, 0) is 14.6 Å². The fourth-order valence-electron chi connectivity index (χ4n) is 2.97. The molecule has 1 aromatic rings. The summed E-state index contributed by atoms with van der Waals surface area (Å²) in [6, 6.07) is -0.178. The average molecular weight is 299 g/mol. The fourth-order valence-corrected chi connectivity index (χ4v) is 4.71. The third kappa shape index (κ3) is 2.44. The van der Waals surface area contributed by atoms with E-state index in [0.29, 0.717) is 24.7 Å². The molecule has 2 aliphatic heterocycles. The number of carbonyl (C=O) groups is 1. The lowest BCUT2D eigenvalue weighted by Crippen LogP contribution is -2.36. The van der Waals surface area contributed by atoms with Crippen LogP contribution < -0.4 is 0 Å². The van der Waals surface area contributed by atoms with Crippen LogP contribution in [0, 0.1) is 12.8 Å². The van der Waals surface area contributed by atoms with Crippen LogP contribution in [0.5, 0.6) is 0 Å². The van der Waals surface area contributed by atoms with Gasteiger partial charge < -0.3 is 9.42 Å². The summed E-state index contributed by atoms with van der Waals surface area (Å²) in [6.45, 7) is 2.34. The van der Waals surface area contributed by atoms with E-state index in [4.69, 9.17) is 4.52 Å². The van der Waals surface area contributed by atoms with Crippen molar-refractivity contribution in [1.82, 2.24) is 15.0 Å². The summed E-state index contributed by atoms with van der Waals surface area (Å²) >= 11 is 0. The molecule has 2 aliphatic rings. The molecule has 0 aromatic carbocycles. The Balaban J connectivity index is 1.77. The molecular weight excluding hydrogens is 282 g/mol. The minimum absolute atomic E-state index is 0.0275. The molecule has 110 valence electrons. The first kappa shape index (κ1) is 13.5. The molecule has 20 heavy (non-hydrogen) atoms. The molecule has 0 bridgehead atoms. The SMILES string of the molecule is Cc1nc([C@@H]2CCCN2C(=O)[C@H]2CCS(=O)(=O)C2)no1. The Kier molecular flexibility index (Phi) is 3.27. The largest absolute Gasteiger partial charge is 0.340 e. The van der Waals surface area contributed by atoms with E-state index in [-0.39, 0.29) is 23.5 Å². The molecule has 0 N–H and O–H groups in total. The van der Waals surface area contributed by atoms with Crippen molar-refractivity contribution in [1.29, 1.82) is 0 Å². The van der Waals surface area contributed by atoms with Gasteiger partial charge in [-0.25, -0.2) is 8.42 Å². The Labute approximate surface area is 117 Å². The molecule has 0 unspecified atom stereocenters. The second-order valence-electron chi connectivity index (χ2n) is 5.46. The molecule has 2 saturated heterocycles. The highest BCUT2D eigenvalue weighted by molar-refractivity contribution is 7.91. The van der Waals surface area contributed by atoms with Gasteiger partial charge in [0.15, 0.2) is 15.7 Å². The number of nitrogens with zero attached hydrogens (tertiary/aromatic N) is 3. The van der Waals surface area contributed by atoms with Gasteiger partial charge in [-0.2, -0.15) is 4.98 Å². The fraction of sp³-hybridized carbons (Fsp3) is 0.750. The third-order valence-corrected chi connectivity index (χ3v) is 5.73. The summed E-state index contributed by atoms with van der Waals surface area (Å²) in [5, 5.41) is 3.89. The maximum atomic E-state index is 12.5. The Bertz CT molecular complexity index is 624. The molecular formula is C12H17N3O4S. The molecule has 0 aliphatic carbocycles. The van der Waals surface area contributed by atoms with Crippen LogP contribution in [0.1, 0.15) is 37.0 Å². The third-order valence-electron chi connectivity index (χ3n) is 3.96. The van der Waals surface area contributed by atoms with Crippen LogP contribution in [0.25, 0.3) is 0 Å². The predicted molar refractivity (Wildman–Crippen MR) is 69.5 cm³/mol. The lowest BCUT2D eigenvalue weighted by atomic mass is 10.1. The molecule has 0 saturated carbocycles. The Morgan fingerprint density at radius 1 is 1.40 bits per heavy atom. The topological polar surface area (TPSA) is 93.4 Å². The summed E-state index contributed by atoms with van der Waals surface area (Å²) in [5.74, 6) is 0.588. The molecule has 7 nitrogen and oxygen atoms in total. The normalized spacial score (nSPS) is 28.9. The van der Waals surface area contributed by atoms with Gasteiger partial charge in [-0.3, -0.25) is 4.79 Å². The zero-order valence-corrected chi connectivity index (χ0v) is 12.1. The lowest BCUT2D eigenvalue weighted by Gasteiger charge is -2.24. The van der Waals surface area contributed by atoms with Gasteiger partial charge >= 0.3 is 0 Å². The van der Waals surface area contributed by atoms with Crippen LogP contribution >= 0.6 is 0 Å². The molecule has 2 atom stereocenters. The lowest BCUT2D eigenvalue weighted by molar-refractivity contribution is -0.135. The zero-order valence-electron chi connectivity index (χ0n) is 11.3. The Hall–Kier alpha value is -1.44. The van der Waals surface area contributed by atoms with Crippen LogP contribution in [0.4, 0.5) is 0 Å². The van der Waals surface area contributed by atoms with Gasteiger partial charge in [0, 0.05) is 13.5 Å². The minimum Gasteiger partial charge on any atom is -0.340 e. The zero-order chi connectivity index (χ0) is 14.3. The molecule has 8 heteroatoms. The molecule has 3 heterocycles. The van der Waals surface area contributed by atoms with Gasteiger partial charge in [0.2, 0.25) is 11.8 Å². The highest BCUT2D eigenvalue weighted by Crippen LogP contribution is 2.33. The number of amides is 1. The first-order valence-electron chi connectivity index (χ1n) is 6.77. The molecule has 1 aromatic heterocycles. The Morgan fingerprint density at radius 3 is 2.80 bits per heavy atom. The number of carbonyl (C=O) groups excluding carboxylic acids is 1. The van der Waals surface area contributed by atoms with Gasteiger partial charge in [-0.1, -0.05) is 5.16 Å². The number of aryl methyl sites for hydroxylation is 1. The van der Waals surface area contributed by atoms with E-state index in [1.54, 1.807) is 11.8 Å². The van der Waals surface area contributed by atoms with Crippen molar-refractivity contribution < 1.29 is 17.7 Å². The van der Waals surface area contributed by atoms with E-state index in [1.807, 2.05) is 0 Å². The smallest absolute Gasteiger partial charge is 0.227 e. The monoisotopic (exact) mass is 299 g/mol. The maximum Gasteiger partial charge on any atom is 0.227 e. The van der Waals surface area contributed by atoms with Crippen molar-refractivity contribution in [2.24, 2.45) is 5.92 Å². The van der Waals surface area contributed by atoms with E-state index in [0.717, 1.165) is 12.8 Å². The van der Waals surface area contributed by atoms with Gasteiger partial charge in [0.1, 0.15) is 0 Å². The van der Waals surface area contributed by atoms with E-state index in [9.17, 15) is 13.2 Å². The van der Waals surface area contributed by atoms with E-state index < -0.39 is 15.8 Å². The molecule has 0 radical (unpaired) electrons. The van der Waals surface area contributed by atoms with Crippen LogP contribution in [0.2, 0.25) is 0 Å². The summed E-state index contributed by atoms with van der Waals surface area (Å²) in [6.07, 6.45) is 2.10. The summed E-state index contributed by atoms with van der Waals surface area (Å²) in [5.41, 5.74) is 0. The first-order valence-corrected chi connectivity index (χ1v) is 8.59. The van der Waals surface area contributed by atoms with Crippen molar-refractivity contribution in [2.75, 3.05) is 18.1 Å². The predicted octanol–water partition coefficient (Wildman–Crippen LogP) is 0.476. The molecule has 0 spiro atoms. The van der Waals surface area contributed by atoms with Crippen LogP contribution in [-0.4, -0.2) is 47.4 Å². The van der Waals surface area contributed by atoms with E-state index in [2.05, 4.69) is 10.1 Å². The van der Waals surface area contributed by atoms with Gasteiger partial charge in [0.25, 0.3) is 0 Å². The minimum atomic E-state index is -3.05. The molecule has 3 rings (SSSR count). The summed E-state index contributed by atoms with van der Waals surface area (Å²) < 4.78 is 28.0. The van der Waals surface area contributed by atoms with Gasteiger partial charge in [-0.05, 0) is 19.3 Å². The van der Waals surface area contributed by atoms with Gasteiger partial charge in [-0.15, -0.1) is 0 Å². The first-order chi connectivity index (χ1) is 9.46. The number of sulfone groups is 1. The highest BCUT2D eigenvalue weighted by atomic mass is 32.2. The summed E-state index contributed by atoms with van der Waals surface area (Å²) in [4.78, 5) is 18.4. The maximum absolute atomic E-state index is 12.5. The standard InChI is InChI=1S/C12H17N3O4S/c1-8-13-11(14-19-8)10-3-2-5-15(10)12(16)9-4-6-20(17,18)7-9/h9-10H,2-7H2,1H3/t9-,10-/m0/s1. The van der Waals surface area contributed by atoms with Crippen molar-refractivity contribution in [2.45, 2.75) is 32.2 Å². The van der Waals surface area contributed by atoms with Crippen LogP contribution in [0.15, 0.2) is 4.52 Å². The molecule has 1 amide bonds.